The monoisotopic (exact) mass is 228 g/mol. The van der Waals surface area contributed by atoms with E-state index >= 15 is 0 Å². The topological polar surface area (TPSA) is 92.4 Å². The maximum Gasteiger partial charge on any atom is 0.232 e. The molecule has 0 aliphatic heterocycles. The molecule has 1 fully saturated rings. The number of carbonyl (C=O) groups is 2. The predicted octanol–water partition coefficient (Wildman–Crippen LogP) is -0.223. The van der Waals surface area contributed by atoms with E-state index in [2.05, 4.69) is 5.32 Å². The van der Waals surface area contributed by atoms with Gasteiger partial charge in [-0.05, 0) is 18.8 Å². The highest BCUT2D eigenvalue weighted by Crippen LogP contribution is 2.30. The Morgan fingerprint density at radius 2 is 1.94 bits per heavy atom. The van der Waals surface area contributed by atoms with Crippen molar-refractivity contribution in [2.75, 3.05) is 13.2 Å². The van der Waals surface area contributed by atoms with Gasteiger partial charge in [-0.2, -0.15) is 0 Å². The van der Waals surface area contributed by atoms with Gasteiger partial charge >= 0.3 is 0 Å². The van der Waals surface area contributed by atoms with Gasteiger partial charge in [0.05, 0.1) is 6.61 Å². The van der Waals surface area contributed by atoms with E-state index in [-0.39, 0.29) is 25.0 Å². The van der Waals surface area contributed by atoms with Gasteiger partial charge in [-0.15, -0.1) is 0 Å². The molecular formula is C11H20N2O3. The number of hydrogen-bond donors (Lipinski definition) is 3. The van der Waals surface area contributed by atoms with Gasteiger partial charge in [-0.25, -0.2) is 0 Å². The summed E-state index contributed by atoms with van der Waals surface area (Å²) in [5, 5.41) is 11.1. The summed E-state index contributed by atoms with van der Waals surface area (Å²) < 4.78 is 0. The SMILES string of the molecule is NC(=O)C(C(=O)NCCO)C1CCCCC1. The first-order valence-corrected chi connectivity index (χ1v) is 5.84. The lowest BCUT2D eigenvalue weighted by Gasteiger charge is -2.27. The molecule has 1 saturated carbocycles. The molecule has 5 heteroatoms. The van der Waals surface area contributed by atoms with Crippen molar-refractivity contribution < 1.29 is 14.7 Å². The molecule has 1 aliphatic carbocycles. The number of amides is 2. The lowest BCUT2D eigenvalue weighted by molar-refractivity contribution is -0.136. The summed E-state index contributed by atoms with van der Waals surface area (Å²) in [6.45, 7) is 0.0528. The van der Waals surface area contributed by atoms with Gasteiger partial charge in [0.15, 0.2) is 0 Å². The molecule has 1 rings (SSSR count). The molecule has 0 radical (unpaired) electrons. The average Bonchev–Trinajstić information content (AvgIpc) is 2.27. The van der Waals surface area contributed by atoms with Gasteiger partial charge in [0.25, 0.3) is 0 Å². The minimum atomic E-state index is -0.730. The van der Waals surface area contributed by atoms with Crippen molar-refractivity contribution in [1.29, 1.82) is 0 Å². The molecule has 5 nitrogen and oxygen atoms in total. The van der Waals surface area contributed by atoms with Crippen LogP contribution in [-0.4, -0.2) is 30.1 Å². The lowest BCUT2D eigenvalue weighted by Crippen LogP contribution is -2.44. The highest BCUT2D eigenvalue weighted by molar-refractivity contribution is 5.99. The Bertz CT molecular complexity index is 250. The second kappa shape index (κ2) is 6.48. The number of hydrogen-bond acceptors (Lipinski definition) is 3. The molecule has 2 amide bonds. The quantitative estimate of drug-likeness (QED) is 0.568. The van der Waals surface area contributed by atoms with E-state index in [0.29, 0.717) is 0 Å². The number of nitrogens with two attached hydrogens (primary N) is 1. The molecule has 1 aliphatic rings. The normalized spacial score (nSPS) is 19.1. The van der Waals surface area contributed by atoms with Crippen LogP contribution in [0.5, 0.6) is 0 Å². The molecule has 0 aromatic carbocycles. The number of nitrogens with one attached hydrogen (secondary N) is 1. The van der Waals surface area contributed by atoms with Gasteiger partial charge in [0.1, 0.15) is 5.92 Å². The standard InChI is InChI=1S/C11H20N2O3/c12-10(15)9(11(16)13-6-7-14)8-4-2-1-3-5-8/h8-9,14H,1-7H2,(H2,12,15)(H,13,16). The molecule has 4 N–H and O–H groups in total. The number of rotatable bonds is 5. The Morgan fingerprint density at radius 3 is 2.44 bits per heavy atom. The van der Waals surface area contributed by atoms with Gasteiger partial charge < -0.3 is 16.2 Å². The summed E-state index contributed by atoms with van der Waals surface area (Å²) in [4.78, 5) is 23.0. The zero-order chi connectivity index (χ0) is 12.0. The second-order valence-electron chi connectivity index (χ2n) is 4.29. The summed E-state index contributed by atoms with van der Waals surface area (Å²) in [5.41, 5.74) is 5.28. The third kappa shape index (κ3) is 3.48. The fourth-order valence-corrected chi connectivity index (χ4v) is 2.33. The Morgan fingerprint density at radius 1 is 1.31 bits per heavy atom. The lowest BCUT2D eigenvalue weighted by atomic mass is 9.79. The van der Waals surface area contributed by atoms with E-state index < -0.39 is 11.8 Å². The van der Waals surface area contributed by atoms with Gasteiger partial charge in [-0.1, -0.05) is 19.3 Å². The van der Waals surface area contributed by atoms with Crippen LogP contribution >= 0.6 is 0 Å². The number of aliphatic hydroxyl groups excluding tert-OH is 1. The Kier molecular flexibility index (Phi) is 5.25. The molecule has 1 atom stereocenters. The van der Waals surface area contributed by atoms with Crippen LogP contribution in [0, 0.1) is 11.8 Å². The van der Waals surface area contributed by atoms with Crippen LogP contribution in [0.25, 0.3) is 0 Å². The molecule has 1 unspecified atom stereocenters. The van der Waals surface area contributed by atoms with Crippen molar-refractivity contribution in [1.82, 2.24) is 5.32 Å². The number of primary amides is 1. The van der Waals surface area contributed by atoms with E-state index in [1.807, 2.05) is 0 Å². The highest BCUT2D eigenvalue weighted by atomic mass is 16.3. The van der Waals surface area contributed by atoms with Gasteiger partial charge in [-0.3, -0.25) is 9.59 Å². The van der Waals surface area contributed by atoms with Crippen molar-refractivity contribution in [3.63, 3.8) is 0 Å². The summed E-state index contributed by atoms with van der Waals surface area (Å²) in [6.07, 6.45) is 5.06. The van der Waals surface area contributed by atoms with Crippen LogP contribution in [0.15, 0.2) is 0 Å². The second-order valence-corrected chi connectivity index (χ2v) is 4.29. The first-order chi connectivity index (χ1) is 7.66. The van der Waals surface area contributed by atoms with Crippen molar-refractivity contribution in [3.05, 3.63) is 0 Å². The molecular weight excluding hydrogens is 208 g/mol. The van der Waals surface area contributed by atoms with Crippen LogP contribution in [-0.2, 0) is 9.59 Å². The molecule has 0 aromatic rings. The molecule has 16 heavy (non-hydrogen) atoms. The van der Waals surface area contributed by atoms with Crippen LogP contribution < -0.4 is 11.1 Å². The molecule has 0 saturated heterocycles. The molecule has 92 valence electrons. The third-order valence-corrected chi connectivity index (χ3v) is 3.12. The highest BCUT2D eigenvalue weighted by Gasteiger charge is 2.33. The largest absolute Gasteiger partial charge is 0.395 e. The van der Waals surface area contributed by atoms with E-state index in [9.17, 15) is 9.59 Å². The van der Waals surface area contributed by atoms with Crippen LogP contribution in [0.1, 0.15) is 32.1 Å². The summed E-state index contributed by atoms with van der Waals surface area (Å²) >= 11 is 0. The van der Waals surface area contributed by atoms with Crippen molar-refractivity contribution in [2.45, 2.75) is 32.1 Å². The summed E-state index contributed by atoms with van der Waals surface area (Å²) in [5.74, 6) is -1.55. The van der Waals surface area contributed by atoms with Crippen LogP contribution in [0.2, 0.25) is 0 Å². The Balaban J connectivity index is 2.58. The maximum atomic E-state index is 11.7. The van der Waals surface area contributed by atoms with Gasteiger partial charge in [0.2, 0.25) is 11.8 Å². The minimum Gasteiger partial charge on any atom is -0.395 e. The maximum absolute atomic E-state index is 11.7. The fourth-order valence-electron chi connectivity index (χ4n) is 2.33. The van der Waals surface area contributed by atoms with Crippen LogP contribution in [0.4, 0.5) is 0 Å². The Hall–Kier alpha value is -1.10. The van der Waals surface area contributed by atoms with E-state index in [1.54, 1.807) is 0 Å². The summed E-state index contributed by atoms with van der Waals surface area (Å²) in [6, 6.07) is 0. The van der Waals surface area contributed by atoms with Crippen molar-refractivity contribution in [2.24, 2.45) is 17.6 Å². The average molecular weight is 228 g/mol. The number of aliphatic hydroxyl groups is 1. The van der Waals surface area contributed by atoms with Gasteiger partial charge in [0, 0.05) is 6.54 Å². The van der Waals surface area contributed by atoms with Crippen LogP contribution in [0.3, 0.4) is 0 Å². The smallest absolute Gasteiger partial charge is 0.232 e. The Labute approximate surface area is 95.4 Å². The van der Waals surface area contributed by atoms with E-state index in [0.717, 1.165) is 25.7 Å². The minimum absolute atomic E-state index is 0.0740. The first kappa shape index (κ1) is 13.0. The fraction of sp³-hybridized carbons (Fsp3) is 0.818. The summed E-state index contributed by atoms with van der Waals surface area (Å²) in [7, 11) is 0. The van der Waals surface area contributed by atoms with Crippen molar-refractivity contribution >= 4 is 11.8 Å². The van der Waals surface area contributed by atoms with E-state index in [4.69, 9.17) is 10.8 Å². The zero-order valence-corrected chi connectivity index (χ0v) is 9.45. The predicted molar refractivity (Wildman–Crippen MR) is 59.4 cm³/mol. The van der Waals surface area contributed by atoms with Crippen molar-refractivity contribution in [3.8, 4) is 0 Å². The number of carbonyl (C=O) groups excluding carboxylic acids is 2. The molecule has 0 spiro atoms. The molecule has 0 heterocycles. The first-order valence-electron chi connectivity index (χ1n) is 5.84. The molecule has 0 bridgehead atoms. The molecule has 0 aromatic heterocycles. The third-order valence-electron chi connectivity index (χ3n) is 3.12. The zero-order valence-electron chi connectivity index (χ0n) is 9.45. The van der Waals surface area contributed by atoms with E-state index in [1.165, 1.54) is 6.42 Å².